The Labute approximate surface area is 205 Å². The van der Waals surface area contributed by atoms with Crippen LogP contribution in [0.2, 0.25) is 0 Å². The van der Waals surface area contributed by atoms with Crippen LogP contribution in [0.25, 0.3) is 6.08 Å². The zero-order valence-electron chi connectivity index (χ0n) is 20.8. The second-order valence-electron chi connectivity index (χ2n) is 9.79. The van der Waals surface area contributed by atoms with E-state index in [0.29, 0.717) is 12.8 Å². The van der Waals surface area contributed by atoms with Crippen LogP contribution in [0.5, 0.6) is 0 Å². The molecule has 0 unspecified atom stereocenters. The number of halogens is 2. The molecule has 0 amide bonds. The van der Waals surface area contributed by atoms with Crippen molar-refractivity contribution in [3.05, 3.63) is 76.9 Å². The molecule has 2 heteroatoms. The van der Waals surface area contributed by atoms with Crippen LogP contribution in [0.3, 0.4) is 0 Å². The van der Waals surface area contributed by atoms with Crippen molar-refractivity contribution in [2.24, 2.45) is 0 Å². The maximum atomic E-state index is 13.4. The molecule has 2 aromatic carbocycles. The summed E-state index contributed by atoms with van der Waals surface area (Å²) in [5.74, 6) is 4.23. The van der Waals surface area contributed by atoms with Crippen LogP contribution in [-0.2, 0) is 0 Å². The van der Waals surface area contributed by atoms with Crippen LogP contribution < -0.4 is 0 Å². The molecule has 0 aromatic heterocycles. The minimum Gasteiger partial charge on any atom is -0.207 e. The molecule has 182 valence electrons. The second kappa shape index (κ2) is 14.1. The Morgan fingerprint density at radius 2 is 1.29 bits per heavy atom. The van der Waals surface area contributed by atoms with Crippen LogP contribution in [-0.4, -0.2) is 5.92 Å². The number of unbranched alkanes of at least 4 members (excludes halogenated alkanes) is 8. The molecule has 0 saturated heterocycles. The van der Waals surface area contributed by atoms with Gasteiger partial charge in [0.2, 0.25) is 5.92 Å². The van der Waals surface area contributed by atoms with E-state index < -0.39 is 5.92 Å². The van der Waals surface area contributed by atoms with Crippen molar-refractivity contribution in [2.45, 2.75) is 102 Å². The Bertz CT molecular complexity index is 916. The number of alkyl halides is 2. The zero-order valence-corrected chi connectivity index (χ0v) is 20.8. The van der Waals surface area contributed by atoms with Crippen molar-refractivity contribution in [2.75, 3.05) is 0 Å². The van der Waals surface area contributed by atoms with Gasteiger partial charge in [0.15, 0.2) is 0 Å². The Hall–Kier alpha value is -2.40. The Kier molecular flexibility index (Phi) is 10.9. The molecule has 1 saturated carbocycles. The number of hydrogen-bond donors (Lipinski definition) is 0. The standard InChI is InChI=1S/C32H40F2/c1-2-3-4-5-6-7-8-9-10-11-12-27-13-15-28(16-14-27)17-18-29-19-21-30(22-20-29)31-23-25-32(33,34)26-24-31/h11-16,19-22,31H,2-10,23-26H2,1H3/b12-11+. The molecule has 0 aliphatic heterocycles. The lowest BCUT2D eigenvalue weighted by molar-refractivity contribution is -0.0382. The van der Waals surface area contributed by atoms with E-state index in [-0.39, 0.29) is 18.8 Å². The first-order valence-corrected chi connectivity index (χ1v) is 13.3. The van der Waals surface area contributed by atoms with E-state index in [2.05, 4.69) is 67.3 Å². The lowest BCUT2D eigenvalue weighted by atomic mass is 9.82. The van der Waals surface area contributed by atoms with Gasteiger partial charge in [-0.3, -0.25) is 0 Å². The summed E-state index contributed by atoms with van der Waals surface area (Å²) in [7, 11) is 0. The van der Waals surface area contributed by atoms with Gasteiger partial charge in [-0.15, -0.1) is 0 Å². The highest BCUT2D eigenvalue weighted by molar-refractivity contribution is 5.52. The average Bonchev–Trinajstić information content (AvgIpc) is 2.85. The first kappa shape index (κ1) is 26.2. The summed E-state index contributed by atoms with van der Waals surface area (Å²) >= 11 is 0. The number of rotatable bonds is 11. The van der Waals surface area contributed by atoms with Gasteiger partial charge in [-0.2, -0.15) is 0 Å². The van der Waals surface area contributed by atoms with E-state index in [9.17, 15) is 8.78 Å². The summed E-state index contributed by atoms with van der Waals surface area (Å²) in [6.07, 6.45) is 17.6. The highest BCUT2D eigenvalue weighted by atomic mass is 19.3. The molecular formula is C32H40F2. The van der Waals surface area contributed by atoms with Crippen LogP contribution in [0.1, 0.15) is 119 Å². The Balaban J connectivity index is 1.38. The highest BCUT2D eigenvalue weighted by Gasteiger charge is 2.35. The fraction of sp³-hybridized carbons (Fsp3) is 0.500. The summed E-state index contributed by atoms with van der Waals surface area (Å²) in [5, 5.41) is 0. The third-order valence-electron chi connectivity index (χ3n) is 6.90. The van der Waals surface area contributed by atoms with Crippen molar-refractivity contribution in [3.8, 4) is 11.8 Å². The third kappa shape index (κ3) is 9.46. The smallest absolute Gasteiger partial charge is 0.207 e. The van der Waals surface area contributed by atoms with Gasteiger partial charge >= 0.3 is 0 Å². The molecule has 34 heavy (non-hydrogen) atoms. The molecule has 1 aliphatic carbocycles. The number of allylic oxidation sites excluding steroid dienone is 1. The SMILES string of the molecule is CCCCCCCCCC/C=C/c1ccc(C#Cc2ccc(C3CCC(F)(F)CC3)cc2)cc1. The van der Waals surface area contributed by atoms with E-state index >= 15 is 0 Å². The van der Waals surface area contributed by atoms with Gasteiger partial charge in [-0.05, 0) is 67.0 Å². The molecule has 0 spiro atoms. The molecule has 2 aromatic rings. The molecule has 3 rings (SSSR count). The zero-order chi connectivity index (χ0) is 24.1. The van der Waals surface area contributed by atoms with Crippen LogP contribution in [0.4, 0.5) is 8.78 Å². The lowest BCUT2D eigenvalue weighted by Crippen LogP contribution is -2.23. The van der Waals surface area contributed by atoms with Crippen LogP contribution >= 0.6 is 0 Å². The molecule has 1 aliphatic rings. The molecule has 0 nitrogen and oxygen atoms in total. The van der Waals surface area contributed by atoms with Crippen LogP contribution in [0, 0.1) is 11.8 Å². The highest BCUT2D eigenvalue weighted by Crippen LogP contribution is 2.40. The lowest BCUT2D eigenvalue weighted by Gasteiger charge is -2.28. The molecule has 0 radical (unpaired) electrons. The Morgan fingerprint density at radius 1 is 0.765 bits per heavy atom. The second-order valence-corrected chi connectivity index (χ2v) is 9.79. The first-order chi connectivity index (χ1) is 16.6. The number of benzene rings is 2. The van der Waals surface area contributed by atoms with E-state index in [1.165, 1.54) is 56.9 Å². The fourth-order valence-corrected chi connectivity index (χ4v) is 4.65. The topological polar surface area (TPSA) is 0 Å². The van der Waals surface area contributed by atoms with Crippen molar-refractivity contribution >= 4 is 6.08 Å². The normalized spacial score (nSPS) is 15.9. The van der Waals surface area contributed by atoms with Gasteiger partial charge in [0.05, 0.1) is 0 Å². The van der Waals surface area contributed by atoms with E-state index in [1.807, 2.05) is 12.1 Å². The van der Waals surface area contributed by atoms with Crippen molar-refractivity contribution in [3.63, 3.8) is 0 Å². The minimum absolute atomic E-state index is 0.00357. The molecule has 0 heterocycles. The molecule has 0 bridgehead atoms. The minimum atomic E-state index is -2.47. The van der Waals surface area contributed by atoms with E-state index in [4.69, 9.17) is 0 Å². The monoisotopic (exact) mass is 462 g/mol. The maximum Gasteiger partial charge on any atom is 0.248 e. The van der Waals surface area contributed by atoms with Gasteiger partial charge in [0.1, 0.15) is 0 Å². The fourth-order valence-electron chi connectivity index (χ4n) is 4.65. The summed E-state index contributed by atoms with van der Waals surface area (Å²) in [5.41, 5.74) is 4.33. The quantitative estimate of drug-likeness (QED) is 0.230. The molecule has 1 fully saturated rings. The molecule has 0 N–H and O–H groups in total. The van der Waals surface area contributed by atoms with Gasteiger partial charge in [-0.1, -0.05) is 100 Å². The summed E-state index contributed by atoms with van der Waals surface area (Å²) in [6, 6.07) is 16.5. The number of hydrogen-bond acceptors (Lipinski definition) is 0. The van der Waals surface area contributed by atoms with E-state index in [0.717, 1.165) is 23.1 Å². The maximum absolute atomic E-state index is 13.4. The molecular weight excluding hydrogens is 422 g/mol. The molecule has 0 atom stereocenters. The van der Waals surface area contributed by atoms with Crippen molar-refractivity contribution in [1.29, 1.82) is 0 Å². The average molecular weight is 463 g/mol. The first-order valence-electron chi connectivity index (χ1n) is 13.3. The summed E-state index contributed by atoms with van der Waals surface area (Å²) in [4.78, 5) is 0. The Morgan fingerprint density at radius 3 is 1.88 bits per heavy atom. The van der Waals surface area contributed by atoms with Gasteiger partial charge in [0.25, 0.3) is 0 Å². The summed E-state index contributed by atoms with van der Waals surface area (Å²) in [6.45, 7) is 2.27. The predicted molar refractivity (Wildman–Crippen MR) is 141 cm³/mol. The predicted octanol–water partition coefficient (Wildman–Crippen LogP) is 9.92. The largest absolute Gasteiger partial charge is 0.248 e. The van der Waals surface area contributed by atoms with Crippen LogP contribution in [0.15, 0.2) is 54.6 Å². The van der Waals surface area contributed by atoms with Crippen molar-refractivity contribution in [1.82, 2.24) is 0 Å². The van der Waals surface area contributed by atoms with Gasteiger partial charge in [-0.25, -0.2) is 8.78 Å². The van der Waals surface area contributed by atoms with Gasteiger partial charge in [0, 0.05) is 24.0 Å². The third-order valence-corrected chi connectivity index (χ3v) is 6.90. The van der Waals surface area contributed by atoms with Gasteiger partial charge < -0.3 is 0 Å². The van der Waals surface area contributed by atoms with Crippen molar-refractivity contribution < 1.29 is 8.78 Å². The summed E-state index contributed by atoms with van der Waals surface area (Å²) < 4.78 is 26.8. The van der Waals surface area contributed by atoms with E-state index in [1.54, 1.807) is 0 Å².